The van der Waals surface area contributed by atoms with Gasteiger partial charge in [-0.2, -0.15) is 5.01 Å². The Morgan fingerprint density at radius 3 is 2.27 bits per heavy atom. The topological polar surface area (TPSA) is 147 Å². The maximum atomic E-state index is 15.1. The van der Waals surface area contributed by atoms with Gasteiger partial charge in [-0.25, -0.2) is 4.39 Å². The number of nitrogens with one attached hydrogen (secondary N) is 1. The molecule has 13 heteroatoms. The van der Waals surface area contributed by atoms with Crippen LogP contribution in [0.5, 0.6) is 5.75 Å². The van der Waals surface area contributed by atoms with Crippen molar-refractivity contribution in [2.45, 2.75) is 24.2 Å². The van der Waals surface area contributed by atoms with Gasteiger partial charge in [0.15, 0.2) is 0 Å². The van der Waals surface area contributed by atoms with Crippen LogP contribution in [0.1, 0.15) is 29.9 Å². The average Bonchev–Trinajstić information content (AvgIpc) is 3.50. The van der Waals surface area contributed by atoms with E-state index >= 15 is 4.79 Å². The largest absolute Gasteiger partial charge is 0.508 e. The summed E-state index contributed by atoms with van der Waals surface area (Å²) in [6.45, 7) is 0. The molecule has 0 bridgehead atoms. The SMILES string of the molecule is O=C1[C@@H]2C[C@@H]3C(=CC[C@@H]4C(=O)N(c5cccc(B(O)O)c5)C(=O)[C@@H]43)[C@H](c3cccc(O)c3)[C@]2(c2ccc(Cl)cc2)C(=O)N1Nc1ccc(F)cc1. The van der Waals surface area contributed by atoms with Gasteiger partial charge in [0.1, 0.15) is 11.6 Å². The molecule has 8 rings (SSSR count). The van der Waals surface area contributed by atoms with Gasteiger partial charge in [-0.1, -0.05) is 59.6 Å². The fourth-order valence-corrected chi connectivity index (χ4v) is 8.94. The zero-order valence-corrected chi connectivity index (χ0v) is 27.6. The van der Waals surface area contributed by atoms with E-state index in [2.05, 4.69) is 5.43 Å². The van der Waals surface area contributed by atoms with E-state index in [0.29, 0.717) is 27.4 Å². The highest BCUT2D eigenvalue weighted by Gasteiger charge is 2.70. The third kappa shape index (κ3) is 5.00. The Kier molecular flexibility index (Phi) is 7.86. The summed E-state index contributed by atoms with van der Waals surface area (Å²) in [6, 6.07) is 24.3. The maximum absolute atomic E-state index is 15.1. The summed E-state index contributed by atoms with van der Waals surface area (Å²) in [5.74, 6) is -6.84. The Morgan fingerprint density at radius 2 is 1.57 bits per heavy atom. The molecule has 4 amide bonds. The lowest BCUT2D eigenvalue weighted by Crippen LogP contribution is -2.53. The van der Waals surface area contributed by atoms with Gasteiger partial charge in [0.25, 0.3) is 11.8 Å². The standard InChI is InChI=1S/C38H30BClFN3O7/c40-23-9-7-21(8-10-23)38-31(35(47)44(37(38)49)42-25-13-11-24(41)12-14-25)19-30-28(33(38)20-3-1-6-27(45)17-20)15-16-29-32(30)36(48)43(34(29)46)26-5-2-4-22(18-26)39(50)51/h1-15,17-18,29-33,42,45,50-51H,16,19H2/t29-,30+,31-,32-,33-,38+/m0/s1. The van der Waals surface area contributed by atoms with Crippen molar-refractivity contribution < 1.29 is 38.7 Å². The number of hydrogen-bond donors (Lipinski definition) is 4. The zero-order valence-electron chi connectivity index (χ0n) is 26.8. The number of aromatic hydroxyl groups is 1. The summed E-state index contributed by atoms with van der Waals surface area (Å²) >= 11 is 6.32. The number of benzene rings is 4. The first kappa shape index (κ1) is 32.9. The molecule has 4 aliphatic rings. The number of amides is 4. The third-order valence-electron chi connectivity index (χ3n) is 10.9. The first-order chi connectivity index (χ1) is 24.5. The summed E-state index contributed by atoms with van der Waals surface area (Å²) in [4.78, 5) is 59.3. The van der Waals surface area contributed by atoms with Gasteiger partial charge in [0.05, 0.1) is 34.5 Å². The number of phenols is 1. The molecule has 0 radical (unpaired) electrons. The average molecular weight is 706 g/mol. The number of anilines is 2. The Balaban J connectivity index is 1.30. The molecule has 2 heterocycles. The van der Waals surface area contributed by atoms with Crippen LogP contribution in [0.25, 0.3) is 0 Å². The van der Waals surface area contributed by atoms with Gasteiger partial charge in [0, 0.05) is 10.9 Å². The van der Waals surface area contributed by atoms with Crippen molar-refractivity contribution in [2.24, 2.45) is 23.7 Å². The number of hydrogen-bond acceptors (Lipinski definition) is 8. The van der Waals surface area contributed by atoms with Gasteiger partial charge in [-0.15, -0.1) is 0 Å². The van der Waals surface area contributed by atoms with E-state index in [1.54, 1.807) is 48.5 Å². The Labute approximate surface area is 296 Å². The second-order valence-electron chi connectivity index (χ2n) is 13.4. The van der Waals surface area contributed by atoms with Gasteiger partial charge in [0.2, 0.25) is 11.8 Å². The molecule has 6 atom stereocenters. The van der Waals surface area contributed by atoms with Crippen LogP contribution < -0.4 is 15.8 Å². The summed E-state index contributed by atoms with van der Waals surface area (Å²) in [5, 5.41) is 31.7. The minimum absolute atomic E-state index is 0.0410. The summed E-state index contributed by atoms with van der Waals surface area (Å²) in [7, 11) is -1.81. The minimum Gasteiger partial charge on any atom is -0.508 e. The molecule has 2 aliphatic heterocycles. The van der Waals surface area contributed by atoms with Gasteiger partial charge < -0.3 is 15.2 Å². The van der Waals surface area contributed by atoms with Crippen LogP contribution in [0.3, 0.4) is 0 Å². The first-order valence-electron chi connectivity index (χ1n) is 16.5. The van der Waals surface area contributed by atoms with Crippen molar-refractivity contribution >= 4 is 59.2 Å². The molecule has 256 valence electrons. The number of phenolic OH excluding ortho intramolecular Hbond substituents is 1. The molecule has 2 aliphatic carbocycles. The van der Waals surface area contributed by atoms with E-state index < -0.39 is 71.6 Å². The smallest absolute Gasteiger partial charge is 0.488 e. The van der Waals surface area contributed by atoms with Crippen LogP contribution in [0.4, 0.5) is 15.8 Å². The number of nitrogens with zero attached hydrogens (tertiary/aromatic N) is 2. The Bertz CT molecular complexity index is 2150. The van der Waals surface area contributed by atoms with Crippen molar-refractivity contribution in [3.05, 3.63) is 131 Å². The summed E-state index contributed by atoms with van der Waals surface area (Å²) in [5.41, 5.74) is 3.67. The highest BCUT2D eigenvalue weighted by molar-refractivity contribution is 6.58. The molecule has 3 fully saturated rings. The van der Waals surface area contributed by atoms with Crippen molar-refractivity contribution in [1.82, 2.24) is 5.01 Å². The fourth-order valence-electron chi connectivity index (χ4n) is 8.81. The molecule has 4 aromatic carbocycles. The van der Waals surface area contributed by atoms with Crippen LogP contribution >= 0.6 is 11.6 Å². The second kappa shape index (κ2) is 12.2. The number of allylic oxidation sites excluding steroid dienone is 2. The van der Waals surface area contributed by atoms with E-state index in [1.807, 2.05) is 6.08 Å². The lowest BCUT2D eigenvalue weighted by Gasteiger charge is -2.50. The number of fused-ring (bicyclic) bond motifs is 4. The molecular formula is C38H30BClFN3O7. The second-order valence-corrected chi connectivity index (χ2v) is 13.9. The lowest BCUT2D eigenvalue weighted by molar-refractivity contribution is -0.138. The van der Waals surface area contributed by atoms with E-state index in [4.69, 9.17) is 11.6 Å². The monoisotopic (exact) mass is 705 g/mol. The zero-order chi connectivity index (χ0) is 35.8. The van der Waals surface area contributed by atoms with Crippen LogP contribution in [0.2, 0.25) is 5.02 Å². The quantitative estimate of drug-likeness (QED) is 0.134. The number of carbonyl (C=O) groups excluding carboxylic acids is 4. The highest BCUT2D eigenvalue weighted by atomic mass is 35.5. The molecule has 2 saturated heterocycles. The van der Waals surface area contributed by atoms with Gasteiger partial charge in [-0.05, 0) is 96.0 Å². The van der Waals surface area contributed by atoms with Crippen LogP contribution in [-0.2, 0) is 24.6 Å². The predicted molar refractivity (Wildman–Crippen MR) is 186 cm³/mol. The normalized spacial score (nSPS) is 26.8. The molecule has 0 aromatic heterocycles. The fraction of sp³-hybridized carbons (Fsp3) is 0.211. The van der Waals surface area contributed by atoms with Crippen LogP contribution in [0.15, 0.2) is 109 Å². The molecule has 10 nitrogen and oxygen atoms in total. The number of rotatable bonds is 6. The molecule has 0 unspecified atom stereocenters. The number of imide groups is 2. The van der Waals surface area contributed by atoms with E-state index in [-0.39, 0.29) is 29.7 Å². The van der Waals surface area contributed by atoms with Crippen LogP contribution in [-0.4, -0.2) is 50.9 Å². The van der Waals surface area contributed by atoms with E-state index in [0.717, 1.165) is 9.91 Å². The first-order valence-corrected chi connectivity index (χ1v) is 16.9. The third-order valence-corrected chi connectivity index (χ3v) is 11.1. The van der Waals surface area contributed by atoms with Crippen molar-refractivity contribution in [3.8, 4) is 5.75 Å². The summed E-state index contributed by atoms with van der Waals surface area (Å²) in [6.07, 6.45) is 2.11. The predicted octanol–water partition coefficient (Wildman–Crippen LogP) is 4.05. The lowest BCUT2D eigenvalue weighted by atomic mass is 9.49. The molecular weight excluding hydrogens is 676 g/mol. The minimum atomic E-state index is -1.81. The molecule has 1 saturated carbocycles. The molecule has 4 N–H and O–H groups in total. The number of halogens is 2. The molecule has 4 aromatic rings. The maximum Gasteiger partial charge on any atom is 0.488 e. The Hall–Kier alpha value is -5.30. The van der Waals surface area contributed by atoms with E-state index in [1.165, 1.54) is 48.5 Å². The van der Waals surface area contributed by atoms with Crippen molar-refractivity contribution in [2.75, 3.05) is 10.3 Å². The number of hydrazine groups is 1. The number of carbonyl (C=O) groups is 4. The van der Waals surface area contributed by atoms with Crippen LogP contribution in [0, 0.1) is 29.5 Å². The Morgan fingerprint density at radius 1 is 0.843 bits per heavy atom. The summed E-state index contributed by atoms with van der Waals surface area (Å²) < 4.78 is 13.8. The molecule has 51 heavy (non-hydrogen) atoms. The van der Waals surface area contributed by atoms with Crippen molar-refractivity contribution in [3.63, 3.8) is 0 Å². The van der Waals surface area contributed by atoms with Gasteiger partial charge in [-0.3, -0.25) is 29.5 Å². The highest BCUT2D eigenvalue weighted by Crippen LogP contribution is 2.64. The molecule has 0 spiro atoms. The van der Waals surface area contributed by atoms with E-state index in [9.17, 15) is 33.9 Å². The van der Waals surface area contributed by atoms with Crippen molar-refractivity contribution in [1.29, 1.82) is 0 Å². The van der Waals surface area contributed by atoms with Gasteiger partial charge >= 0.3 is 7.12 Å².